The molecule has 16 heavy (non-hydrogen) atoms. The van der Waals surface area contributed by atoms with Crippen molar-refractivity contribution in [3.63, 3.8) is 0 Å². The molecule has 0 saturated carbocycles. The number of carbonyl (C=O) groups is 1. The predicted molar refractivity (Wildman–Crippen MR) is 45.1 cm³/mol. The summed E-state index contributed by atoms with van der Waals surface area (Å²) in [7, 11) is -5.45. The number of hydrogen-bond donors (Lipinski definition) is 0. The largest absolute Gasteiger partial charge is 0.501 e. The van der Waals surface area contributed by atoms with E-state index in [-0.39, 0.29) is 0 Å². The molecule has 0 saturated heterocycles. The zero-order chi connectivity index (χ0) is 12.6. The predicted octanol–water partition coefficient (Wildman–Crippen LogP) is 2.09. The number of hydrogen-bond acceptors (Lipinski definition) is 3. The molecule has 0 aliphatic heterocycles. The Morgan fingerprint density at radius 1 is 1.06 bits per heavy atom. The van der Waals surface area contributed by atoms with Crippen LogP contribution in [0.2, 0.25) is 0 Å². The summed E-state index contributed by atoms with van der Waals surface area (Å²) in [4.78, 5) is 9.13. The fourth-order valence-corrected chi connectivity index (χ4v) is 1.66. The first kappa shape index (κ1) is 12.6. The lowest BCUT2D eigenvalue weighted by molar-refractivity contribution is -0.0436. The monoisotopic (exact) mass is 256 g/mol. The number of rotatable bonds is 2. The van der Waals surface area contributed by atoms with Crippen molar-refractivity contribution in [3.05, 3.63) is 29.8 Å². The first-order valence-corrected chi connectivity index (χ1v) is 5.26. The van der Waals surface area contributed by atoms with Crippen LogP contribution in [0.4, 0.5) is 17.6 Å². The van der Waals surface area contributed by atoms with Crippen molar-refractivity contribution in [2.24, 2.45) is 0 Å². The summed E-state index contributed by atoms with van der Waals surface area (Å²) < 4.78 is 69.9. The van der Waals surface area contributed by atoms with Crippen molar-refractivity contribution in [3.8, 4) is 0 Å². The van der Waals surface area contributed by atoms with Crippen LogP contribution < -0.4 is 0 Å². The molecule has 1 rings (SSSR count). The van der Waals surface area contributed by atoms with E-state index in [1.165, 1.54) is 0 Å². The molecule has 0 spiro atoms. The van der Waals surface area contributed by atoms with Crippen LogP contribution in [-0.2, 0) is 9.84 Å². The van der Waals surface area contributed by atoms with Gasteiger partial charge < -0.3 is 0 Å². The van der Waals surface area contributed by atoms with Gasteiger partial charge in [-0.3, -0.25) is 4.79 Å². The fourth-order valence-electron chi connectivity index (χ4n) is 0.899. The quantitative estimate of drug-likeness (QED) is 0.601. The second kappa shape index (κ2) is 3.85. The molecule has 0 N–H and O–H groups in total. The van der Waals surface area contributed by atoms with Crippen LogP contribution in [0.15, 0.2) is 29.2 Å². The topological polar surface area (TPSA) is 51.2 Å². The Morgan fingerprint density at radius 2 is 1.50 bits per heavy atom. The van der Waals surface area contributed by atoms with Crippen molar-refractivity contribution in [2.45, 2.75) is 10.4 Å². The lowest BCUT2D eigenvalue weighted by Crippen LogP contribution is -2.23. The smallest absolute Gasteiger partial charge is 0.255 e. The summed E-state index contributed by atoms with van der Waals surface area (Å²) in [5.74, 6) is 0. The third kappa shape index (κ3) is 2.21. The minimum Gasteiger partial charge on any atom is -0.255 e. The van der Waals surface area contributed by atoms with Gasteiger partial charge in [-0.1, -0.05) is 0 Å². The lowest BCUT2D eigenvalue weighted by atomic mass is 10.2. The average Bonchev–Trinajstić information content (AvgIpc) is 2.16. The lowest BCUT2D eigenvalue weighted by Gasteiger charge is -2.07. The molecule has 0 bridgehead atoms. The number of sulfone groups is 1. The van der Waals surface area contributed by atoms with Crippen LogP contribution >= 0.6 is 0 Å². The van der Waals surface area contributed by atoms with Gasteiger partial charge in [0.25, 0.3) is 9.84 Å². The second-order valence-electron chi connectivity index (χ2n) is 2.75. The summed E-state index contributed by atoms with van der Waals surface area (Å²) >= 11 is 0. The van der Waals surface area contributed by atoms with Gasteiger partial charge in [0.05, 0.1) is 10.5 Å². The molecule has 1 aromatic rings. The van der Waals surface area contributed by atoms with Gasteiger partial charge in [0.1, 0.15) is 0 Å². The molecular weight excluding hydrogens is 252 g/mol. The van der Waals surface area contributed by atoms with Gasteiger partial charge in [-0.15, -0.1) is 0 Å². The molecule has 1 aromatic carbocycles. The van der Waals surface area contributed by atoms with Gasteiger partial charge in [0, 0.05) is 0 Å². The average molecular weight is 256 g/mol. The van der Waals surface area contributed by atoms with E-state index in [0.717, 1.165) is 0 Å². The highest BCUT2D eigenvalue weighted by Crippen LogP contribution is 2.30. The Morgan fingerprint density at radius 3 is 1.81 bits per heavy atom. The van der Waals surface area contributed by atoms with Crippen LogP contribution in [0.5, 0.6) is 0 Å². The van der Waals surface area contributed by atoms with Crippen molar-refractivity contribution in [1.82, 2.24) is 0 Å². The highest BCUT2D eigenvalue weighted by Gasteiger charge is 2.46. The molecule has 0 radical (unpaired) electrons. The molecule has 0 aromatic heterocycles. The minimum atomic E-state index is -5.45. The molecule has 0 heterocycles. The van der Waals surface area contributed by atoms with Crippen molar-refractivity contribution in [2.75, 3.05) is 0 Å². The SMILES string of the molecule is O=C(F)c1ccc(S(=O)(=O)C(F)(F)F)cc1. The summed E-state index contributed by atoms with van der Waals surface area (Å²) in [6, 6.07) is 0.531. The highest BCUT2D eigenvalue weighted by atomic mass is 32.2. The Kier molecular flexibility index (Phi) is 3.04. The van der Waals surface area contributed by atoms with E-state index < -0.39 is 31.8 Å². The molecule has 0 atom stereocenters. The van der Waals surface area contributed by atoms with E-state index in [2.05, 4.69) is 0 Å². The normalized spacial score (nSPS) is 12.5. The zero-order valence-corrected chi connectivity index (χ0v) is 8.27. The van der Waals surface area contributed by atoms with Gasteiger partial charge in [-0.05, 0) is 24.3 Å². The maximum atomic E-state index is 12.1. The van der Waals surface area contributed by atoms with Crippen molar-refractivity contribution < 1.29 is 30.8 Å². The van der Waals surface area contributed by atoms with E-state index in [1.807, 2.05) is 0 Å². The first-order valence-electron chi connectivity index (χ1n) is 3.77. The van der Waals surface area contributed by atoms with Gasteiger partial charge in [0.15, 0.2) is 0 Å². The molecule has 3 nitrogen and oxygen atoms in total. The molecule has 0 aliphatic rings. The van der Waals surface area contributed by atoms with Crippen LogP contribution in [0.1, 0.15) is 10.4 Å². The standard InChI is InChI=1S/C8H4F4O3S/c9-7(13)5-1-3-6(4-2-5)16(14,15)8(10,11)12/h1-4H. The Labute approximate surface area is 87.6 Å². The van der Waals surface area contributed by atoms with Gasteiger partial charge in [-0.25, -0.2) is 8.42 Å². The second-order valence-corrected chi connectivity index (χ2v) is 4.69. The Balaban J connectivity index is 3.23. The first-order chi connectivity index (χ1) is 7.16. The van der Waals surface area contributed by atoms with Crippen molar-refractivity contribution >= 4 is 15.9 Å². The maximum Gasteiger partial charge on any atom is 0.501 e. The van der Waals surface area contributed by atoms with Crippen LogP contribution in [0.25, 0.3) is 0 Å². The third-order valence-corrected chi connectivity index (χ3v) is 3.20. The number of carbonyl (C=O) groups excluding carboxylic acids is 1. The van der Waals surface area contributed by atoms with Crippen LogP contribution in [-0.4, -0.2) is 20.0 Å². The van der Waals surface area contributed by atoms with Gasteiger partial charge in [-0.2, -0.15) is 17.6 Å². The third-order valence-electron chi connectivity index (χ3n) is 1.70. The van der Waals surface area contributed by atoms with E-state index in [0.29, 0.717) is 24.3 Å². The van der Waals surface area contributed by atoms with Crippen LogP contribution in [0.3, 0.4) is 0 Å². The molecule has 0 fully saturated rings. The van der Waals surface area contributed by atoms with E-state index in [9.17, 15) is 30.8 Å². The van der Waals surface area contributed by atoms with E-state index in [4.69, 9.17) is 0 Å². The Bertz CT molecular complexity index is 501. The fraction of sp³-hybridized carbons (Fsp3) is 0.125. The van der Waals surface area contributed by atoms with Gasteiger partial charge in [0.2, 0.25) is 0 Å². The van der Waals surface area contributed by atoms with Crippen molar-refractivity contribution in [1.29, 1.82) is 0 Å². The van der Waals surface area contributed by atoms with E-state index >= 15 is 0 Å². The summed E-state index contributed by atoms with van der Waals surface area (Å²) in [5, 5.41) is 0. The highest BCUT2D eigenvalue weighted by molar-refractivity contribution is 7.92. The molecule has 8 heteroatoms. The summed E-state index contributed by atoms with van der Waals surface area (Å²) in [6.07, 6.45) is 0. The van der Waals surface area contributed by atoms with Crippen LogP contribution in [0, 0.1) is 0 Å². The van der Waals surface area contributed by atoms with E-state index in [1.54, 1.807) is 0 Å². The summed E-state index contributed by atoms with van der Waals surface area (Å²) in [5.41, 5.74) is -5.94. The number of alkyl halides is 3. The zero-order valence-electron chi connectivity index (χ0n) is 7.45. The number of benzene rings is 1. The minimum absolute atomic E-state index is 0.513. The molecule has 0 unspecified atom stereocenters. The molecule has 0 aliphatic carbocycles. The number of halogens is 4. The summed E-state index contributed by atoms with van der Waals surface area (Å²) in [6.45, 7) is 0. The maximum absolute atomic E-state index is 12.1. The Hall–Kier alpha value is -1.44. The molecule has 88 valence electrons. The molecular formula is C8H4F4O3S. The van der Waals surface area contributed by atoms with Gasteiger partial charge >= 0.3 is 11.5 Å². The molecule has 0 amide bonds.